The van der Waals surface area contributed by atoms with E-state index in [1.807, 2.05) is 12.2 Å². The molecular weight excluding hydrogens is 222 g/mol. The van der Waals surface area contributed by atoms with Gasteiger partial charge >= 0.3 is 0 Å². The number of rotatable bonds is 11. The van der Waals surface area contributed by atoms with Gasteiger partial charge in [-0.2, -0.15) is 0 Å². The number of aliphatic hydroxyl groups excluding tert-OH is 1. The molecule has 0 saturated heterocycles. The lowest BCUT2D eigenvalue weighted by atomic mass is 10.1. The van der Waals surface area contributed by atoms with Crippen molar-refractivity contribution in [2.75, 3.05) is 19.7 Å². The summed E-state index contributed by atoms with van der Waals surface area (Å²) in [6.45, 7) is 10.3. The van der Waals surface area contributed by atoms with E-state index in [0.29, 0.717) is 0 Å². The molecule has 0 aromatic rings. The molecular formula is C16H29NO. The van der Waals surface area contributed by atoms with Gasteiger partial charge in [0.25, 0.3) is 0 Å². The number of hydrogen-bond acceptors (Lipinski definition) is 2. The molecule has 0 amide bonds. The van der Waals surface area contributed by atoms with Crippen LogP contribution in [0.5, 0.6) is 0 Å². The molecule has 0 spiro atoms. The van der Waals surface area contributed by atoms with Crippen molar-refractivity contribution in [2.24, 2.45) is 0 Å². The molecule has 2 heteroatoms. The summed E-state index contributed by atoms with van der Waals surface area (Å²) in [5.74, 6) is 0. The van der Waals surface area contributed by atoms with Crippen molar-refractivity contribution in [1.82, 2.24) is 5.32 Å². The molecule has 104 valence electrons. The molecule has 0 fully saturated rings. The van der Waals surface area contributed by atoms with Crippen LogP contribution in [0.3, 0.4) is 0 Å². The number of nitrogens with one attached hydrogen (secondary N) is 1. The second-order valence-corrected chi connectivity index (χ2v) is 4.75. The molecule has 0 aromatic heterocycles. The van der Waals surface area contributed by atoms with Crippen LogP contribution < -0.4 is 5.32 Å². The van der Waals surface area contributed by atoms with Gasteiger partial charge in [0.2, 0.25) is 0 Å². The van der Waals surface area contributed by atoms with E-state index in [9.17, 15) is 0 Å². The second kappa shape index (κ2) is 12.6. The van der Waals surface area contributed by atoms with Gasteiger partial charge < -0.3 is 10.4 Å². The molecule has 18 heavy (non-hydrogen) atoms. The van der Waals surface area contributed by atoms with Crippen LogP contribution in [0.4, 0.5) is 0 Å². The van der Waals surface area contributed by atoms with Gasteiger partial charge in [-0.05, 0) is 59.0 Å². The number of hydrogen-bond donors (Lipinski definition) is 2. The summed E-state index contributed by atoms with van der Waals surface area (Å²) in [6.07, 6.45) is 11.7. The average Bonchev–Trinajstić information content (AvgIpc) is 2.34. The number of allylic oxidation sites excluding steroid dienone is 3. The first kappa shape index (κ1) is 17.1. The van der Waals surface area contributed by atoms with Crippen LogP contribution in [0, 0.1) is 0 Å². The Morgan fingerprint density at radius 2 is 1.78 bits per heavy atom. The first-order valence-electron chi connectivity index (χ1n) is 6.94. The van der Waals surface area contributed by atoms with Crippen LogP contribution in [0.1, 0.15) is 46.0 Å². The highest BCUT2D eigenvalue weighted by Crippen LogP contribution is 2.09. The van der Waals surface area contributed by atoms with Crippen molar-refractivity contribution in [3.05, 3.63) is 36.0 Å². The Morgan fingerprint density at radius 3 is 2.44 bits per heavy atom. The molecule has 0 bridgehead atoms. The molecule has 0 radical (unpaired) electrons. The third-order valence-electron chi connectivity index (χ3n) is 2.92. The topological polar surface area (TPSA) is 32.3 Å². The van der Waals surface area contributed by atoms with Crippen LogP contribution >= 0.6 is 0 Å². The third-order valence-corrected chi connectivity index (χ3v) is 2.92. The van der Waals surface area contributed by atoms with E-state index in [2.05, 4.69) is 31.8 Å². The van der Waals surface area contributed by atoms with E-state index in [-0.39, 0.29) is 6.61 Å². The first-order valence-corrected chi connectivity index (χ1v) is 6.94. The van der Waals surface area contributed by atoms with Crippen molar-refractivity contribution in [1.29, 1.82) is 0 Å². The fraction of sp³-hybridized carbons (Fsp3) is 0.625. The molecule has 0 aliphatic rings. The van der Waals surface area contributed by atoms with Crippen molar-refractivity contribution in [3.63, 3.8) is 0 Å². The summed E-state index contributed by atoms with van der Waals surface area (Å²) in [7, 11) is 0. The summed E-state index contributed by atoms with van der Waals surface area (Å²) in [4.78, 5) is 0. The molecule has 2 N–H and O–H groups in total. The summed E-state index contributed by atoms with van der Waals surface area (Å²) in [5.41, 5.74) is 2.74. The van der Waals surface area contributed by atoms with Gasteiger partial charge in [-0.1, -0.05) is 29.4 Å². The summed E-state index contributed by atoms with van der Waals surface area (Å²) in [5, 5.41) is 12.1. The zero-order valence-corrected chi connectivity index (χ0v) is 12.0. The largest absolute Gasteiger partial charge is 0.392 e. The maximum Gasteiger partial charge on any atom is 0.0614 e. The Balaban J connectivity index is 3.53. The van der Waals surface area contributed by atoms with Crippen LogP contribution in [0.25, 0.3) is 0 Å². The molecule has 0 atom stereocenters. The third kappa shape index (κ3) is 11.6. The van der Waals surface area contributed by atoms with Crippen molar-refractivity contribution in [3.8, 4) is 0 Å². The van der Waals surface area contributed by atoms with Crippen molar-refractivity contribution in [2.45, 2.75) is 46.0 Å². The second-order valence-electron chi connectivity index (χ2n) is 4.75. The van der Waals surface area contributed by atoms with Crippen LogP contribution in [0.2, 0.25) is 0 Å². The lowest BCUT2D eigenvalue weighted by Gasteiger charge is -2.04. The molecule has 0 saturated carbocycles. The Hall–Kier alpha value is -0.860. The Bertz CT molecular complexity index is 266. The molecule has 0 unspecified atom stereocenters. The normalized spacial score (nSPS) is 12.8. The highest BCUT2D eigenvalue weighted by molar-refractivity contribution is 5.03. The van der Waals surface area contributed by atoms with Gasteiger partial charge in [0, 0.05) is 0 Å². The van der Waals surface area contributed by atoms with Gasteiger partial charge in [0.05, 0.1) is 6.61 Å². The predicted octanol–water partition coefficient (Wildman–Crippen LogP) is 3.60. The molecule has 0 aromatic carbocycles. The summed E-state index contributed by atoms with van der Waals surface area (Å²) in [6, 6.07) is 0. The minimum atomic E-state index is 0.158. The van der Waals surface area contributed by atoms with Gasteiger partial charge in [-0.25, -0.2) is 0 Å². The Kier molecular flexibility index (Phi) is 12.0. The van der Waals surface area contributed by atoms with Crippen LogP contribution in [-0.2, 0) is 0 Å². The van der Waals surface area contributed by atoms with E-state index in [1.165, 1.54) is 24.0 Å². The van der Waals surface area contributed by atoms with Crippen LogP contribution in [-0.4, -0.2) is 24.8 Å². The zero-order chi connectivity index (χ0) is 13.6. The van der Waals surface area contributed by atoms with E-state index in [0.717, 1.165) is 32.4 Å². The lowest BCUT2D eigenvalue weighted by Crippen LogP contribution is -2.15. The molecule has 0 heterocycles. The average molecular weight is 251 g/mol. The smallest absolute Gasteiger partial charge is 0.0614 e. The highest BCUT2D eigenvalue weighted by Gasteiger charge is 1.92. The Morgan fingerprint density at radius 1 is 1.06 bits per heavy atom. The zero-order valence-electron chi connectivity index (χ0n) is 12.0. The minimum Gasteiger partial charge on any atom is -0.392 e. The van der Waals surface area contributed by atoms with Gasteiger partial charge in [-0.15, -0.1) is 6.58 Å². The standard InChI is InChI=1S/C16H29NO/c1-4-5-12-17-13-7-10-15(2)8-6-9-16(3)11-14-18/h4,8,11,17-18H,1,5-7,9-10,12-14H2,2-3H3. The number of aliphatic hydroxyl groups is 1. The molecule has 2 nitrogen and oxygen atoms in total. The molecule has 0 rings (SSSR count). The summed E-state index contributed by atoms with van der Waals surface area (Å²) >= 11 is 0. The lowest BCUT2D eigenvalue weighted by molar-refractivity contribution is 0.341. The minimum absolute atomic E-state index is 0.158. The maximum absolute atomic E-state index is 8.75. The van der Waals surface area contributed by atoms with Gasteiger partial charge in [-0.3, -0.25) is 0 Å². The Labute approximate surface area is 112 Å². The van der Waals surface area contributed by atoms with Crippen LogP contribution in [0.15, 0.2) is 36.0 Å². The highest BCUT2D eigenvalue weighted by atomic mass is 16.2. The van der Waals surface area contributed by atoms with Crippen molar-refractivity contribution < 1.29 is 5.11 Å². The molecule has 0 aliphatic heterocycles. The first-order chi connectivity index (χ1) is 8.70. The van der Waals surface area contributed by atoms with Crippen molar-refractivity contribution >= 4 is 0 Å². The van der Waals surface area contributed by atoms with E-state index in [4.69, 9.17) is 5.11 Å². The fourth-order valence-corrected chi connectivity index (χ4v) is 1.73. The SMILES string of the molecule is C=CCCNCCCC(C)=CCCC(C)=CCO. The summed E-state index contributed by atoms with van der Waals surface area (Å²) < 4.78 is 0. The quantitative estimate of drug-likeness (QED) is 0.434. The van der Waals surface area contributed by atoms with Gasteiger partial charge in [0.15, 0.2) is 0 Å². The van der Waals surface area contributed by atoms with E-state index >= 15 is 0 Å². The van der Waals surface area contributed by atoms with E-state index in [1.54, 1.807) is 0 Å². The monoisotopic (exact) mass is 251 g/mol. The van der Waals surface area contributed by atoms with Gasteiger partial charge in [0.1, 0.15) is 0 Å². The molecule has 0 aliphatic carbocycles. The predicted molar refractivity (Wildman–Crippen MR) is 80.8 cm³/mol. The van der Waals surface area contributed by atoms with E-state index < -0.39 is 0 Å². The maximum atomic E-state index is 8.75. The fourth-order valence-electron chi connectivity index (χ4n) is 1.73.